The van der Waals surface area contributed by atoms with Crippen LogP contribution >= 0.6 is 0 Å². The monoisotopic (exact) mass is 173 g/mol. The maximum absolute atomic E-state index is 4.19. The molecule has 13 heavy (non-hydrogen) atoms. The Labute approximate surface area is 76.8 Å². The van der Waals surface area contributed by atoms with Gasteiger partial charge in [-0.25, -0.2) is 9.97 Å². The second-order valence-corrected chi connectivity index (χ2v) is 2.95. The van der Waals surface area contributed by atoms with E-state index in [-0.39, 0.29) is 0 Å². The highest BCUT2D eigenvalue weighted by Crippen LogP contribution is 2.11. The number of rotatable bonds is 2. The van der Waals surface area contributed by atoms with Gasteiger partial charge in [-0.2, -0.15) is 0 Å². The third kappa shape index (κ3) is 1.65. The molecule has 1 aromatic heterocycles. The molecule has 2 rings (SSSR count). The second-order valence-electron chi connectivity index (χ2n) is 2.95. The number of nitrogens with one attached hydrogen (secondary N) is 1. The number of fused-ring (bicyclic) bond motifs is 1. The highest BCUT2D eigenvalue weighted by Gasteiger charge is 1.95. The molecule has 0 aliphatic carbocycles. The van der Waals surface area contributed by atoms with Gasteiger partial charge in [0.1, 0.15) is 6.33 Å². The summed E-state index contributed by atoms with van der Waals surface area (Å²) in [4.78, 5) is 8.15. The summed E-state index contributed by atoms with van der Waals surface area (Å²) in [5.74, 6) is 0. The Morgan fingerprint density at radius 2 is 2.31 bits per heavy atom. The Kier molecular flexibility index (Phi) is 2.19. The number of nitrogens with zero attached hydrogens (tertiary/aromatic N) is 2. The van der Waals surface area contributed by atoms with Gasteiger partial charge in [0, 0.05) is 18.1 Å². The van der Waals surface area contributed by atoms with Crippen molar-refractivity contribution in [1.29, 1.82) is 0 Å². The van der Waals surface area contributed by atoms with Crippen LogP contribution in [0.1, 0.15) is 5.56 Å². The summed E-state index contributed by atoms with van der Waals surface area (Å²) >= 11 is 0. The fraction of sp³-hybridized carbons (Fsp3) is 0.200. The van der Waals surface area contributed by atoms with E-state index in [1.54, 1.807) is 6.33 Å². The highest BCUT2D eigenvalue weighted by molar-refractivity contribution is 5.77. The lowest BCUT2D eigenvalue weighted by molar-refractivity contribution is 0.819. The standard InChI is InChI=1S/C10H11N3/c1-11-5-8-2-3-9-6-12-7-13-10(9)4-8/h2-4,6-7,11H,5H2,1H3. The van der Waals surface area contributed by atoms with Crippen molar-refractivity contribution in [2.24, 2.45) is 0 Å². The fourth-order valence-corrected chi connectivity index (χ4v) is 1.33. The van der Waals surface area contributed by atoms with Crippen molar-refractivity contribution in [3.05, 3.63) is 36.3 Å². The van der Waals surface area contributed by atoms with Crippen LogP contribution in [0, 0.1) is 0 Å². The Morgan fingerprint density at radius 3 is 3.15 bits per heavy atom. The van der Waals surface area contributed by atoms with Crippen molar-refractivity contribution in [1.82, 2.24) is 15.3 Å². The molecule has 0 fully saturated rings. The van der Waals surface area contributed by atoms with E-state index >= 15 is 0 Å². The molecular weight excluding hydrogens is 162 g/mol. The van der Waals surface area contributed by atoms with Crippen molar-refractivity contribution in [2.75, 3.05) is 7.05 Å². The molecule has 66 valence electrons. The normalized spacial score (nSPS) is 10.5. The minimum absolute atomic E-state index is 0.875. The van der Waals surface area contributed by atoms with Crippen LogP contribution in [0.2, 0.25) is 0 Å². The van der Waals surface area contributed by atoms with Crippen molar-refractivity contribution in [3.8, 4) is 0 Å². The lowest BCUT2D eigenvalue weighted by Gasteiger charge is -2.00. The van der Waals surface area contributed by atoms with Gasteiger partial charge in [-0.1, -0.05) is 12.1 Å². The minimum Gasteiger partial charge on any atom is -0.316 e. The largest absolute Gasteiger partial charge is 0.316 e. The molecule has 0 aliphatic rings. The molecule has 0 bridgehead atoms. The maximum Gasteiger partial charge on any atom is 0.116 e. The molecule has 0 aliphatic heterocycles. The van der Waals surface area contributed by atoms with Crippen LogP contribution in [-0.4, -0.2) is 17.0 Å². The molecule has 0 saturated heterocycles. The average molecular weight is 173 g/mol. The van der Waals surface area contributed by atoms with E-state index in [9.17, 15) is 0 Å². The summed E-state index contributed by atoms with van der Waals surface area (Å²) in [6.45, 7) is 0.875. The number of hydrogen-bond donors (Lipinski definition) is 1. The molecule has 0 atom stereocenters. The predicted molar refractivity (Wildman–Crippen MR) is 52.3 cm³/mol. The van der Waals surface area contributed by atoms with E-state index < -0.39 is 0 Å². The van der Waals surface area contributed by atoms with Gasteiger partial charge in [0.15, 0.2) is 0 Å². The Hall–Kier alpha value is -1.48. The predicted octanol–water partition coefficient (Wildman–Crippen LogP) is 1.35. The van der Waals surface area contributed by atoms with Gasteiger partial charge in [0.05, 0.1) is 5.52 Å². The van der Waals surface area contributed by atoms with Crippen LogP contribution in [0.25, 0.3) is 10.9 Å². The molecule has 0 amide bonds. The van der Waals surface area contributed by atoms with Gasteiger partial charge < -0.3 is 5.32 Å². The van der Waals surface area contributed by atoms with Gasteiger partial charge >= 0.3 is 0 Å². The van der Waals surface area contributed by atoms with Gasteiger partial charge in [-0.05, 0) is 18.7 Å². The van der Waals surface area contributed by atoms with Crippen LogP contribution in [0.4, 0.5) is 0 Å². The fourth-order valence-electron chi connectivity index (χ4n) is 1.33. The number of benzene rings is 1. The van der Waals surface area contributed by atoms with Gasteiger partial charge in [0.2, 0.25) is 0 Å². The molecule has 2 aromatic rings. The molecule has 0 spiro atoms. The van der Waals surface area contributed by atoms with E-state index in [0.29, 0.717) is 0 Å². The van der Waals surface area contributed by atoms with Crippen LogP contribution in [0.15, 0.2) is 30.7 Å². The van der Waals surface area contributed by atoms with Crippen LogP contribution in [0.5, 0.6) is 0 Å². The SMILES string of the molecule is CNCc1ccc2cncnc2c1. The first-order chi connectivity index (χ1) is 6.40. The summed E-state index contributed by atoms with van der Waals surface area (Å²) in [6.07, 6.45) is 3.40. The molecule has 3 heteroatoms. The van der Waals surface area contributed by atoms with E-state index in [1.807, 2.05) is 19.3 Å². The second kappa shape index (κ2) is 3.49. The molecular formula is C10H11N3. The van der Waals surface area contributed by atoms with E-state index in [0.717, 1.165) is 17.4 Å². The van der Waals surface area contributed by atoms with E-state index in [2.05, 4.69) is 27.4 Å². The molecule has 0 radical (unpaired) electrons. The molecule has 1 heterocycles. The Balaban J connectivity index is 2.49. The summed E-state index contributed by atoms with van der Waals surface area (Å²) in [5.41, 5.74) is 2.25. The summed E-state index contributed by atoms with van der Waals surface area (Å²) < 4.78 is 0. The zero-order valence-electron chi connectivity index (χ0n) is 7.49. The van der Waals surface area contributed by atoms with Crippen molar-refractivity contribution in [2.45, 2.75) is 6.54 Å². The summed E-state index contributed by atoms with van der Waals surface area (Å²) in [5, 5.41) is 4.19. The van der Waals surface area contributed by atoms with Gasteiger partial charge in [-0.3, -0.25) is 0 Å². The van der Waals surface area contributed by atoms with Crippen LogP contribution in [0.3, 0.4) is 0 Å². The van der Waals surface area contributed by atoms with Crippen LogP contribution in [-0.2, 0) is 6.54 Å². The highest BCUT2D eigenvalue weighted by atomic mass is 14.8. The topological polar surface area (TPSA) is 37.8 Å². The van der Waals surface area contributed by atoms with Crippen molar-refractivity contribution >= 4 is 10.9 Å². The molecule has 1 N–H and O–H groups in total. The van der Waals surface area contributed by atoms with Crippen molar-refractivity contribution in [3.63, 3.8) is 0 Å². The lowest BCUT2D eigenvalue weighted by atomic mass is 10.1. The summed E-state index contributed by atoms with van der Waals surface area (Å²) in [6, 6.07) is 6.21. The summed E-state index contributed by atoms with van der Waals surface area (Å²) in [7, 11) is 1.93. The third-order valence-electron chi connectivity index (χ3n) is 1.95. The minimum atomic E-state index is 0.875. The first-order valence-corrected chi connectivity index (χ1v) is 4.23. The molecule has 0 unspecified atom stereocenters. The van der Waals surface area contributed by atoms with Crippen LogP contribution < -0.4 is 5.32 Å². The molecule has 0 saturated carbocycles. The maximum atomic E-state index is 4.19. The first kappa shape index (κ1) is 8.13. The van der Waals surface area contributed by atoms with E-state index in [1.165, 1.54) is 5.56 Å². The Bertz CT molecular complexity index is 412. The van der Waals surface area contributed by atoms with Gasteiger partial charge in [0.25, 0.3) is 0 Å². The van der Waals surface area contributed by atoms with Gasteiger partial charge in [-0.15, -0.1) is 0 Å². The lowest BCUT2D eigenvalue weighted by Crippen LogP contribution is -2.04. The zero-order valence-corrected chi connectivity index (χ0v) is 7.49. The first-order valence-electron chi connectivity index (χ1n) is 4.23. The molecule has 1 aromatic carbocycles. The number of aromatic nitrogens is 2. The zero-order chi connectivity index (χ0) is 9.10. The molecule has 3 nitrogen and oxygen atoms in total. The van der Waals surface area contributed by atoms with E-state index in [4.69, 9.17) is 0 Å². The van der Waals surface area contributed by atoms with Crippen molar-refractivity contribution < 1.29 is 0 Å². The quantitative estimate of drug-likeness (QED) is 0.745. The third-order valence-corrected chi connectivity index (χ3v) is 1.95. The smallest absolute Gasteiger partial charge is 0.116 e. The number of hydrogen-bond acceptors (Lipinski definition) is 3. The average Bonchev–Trinajstić information content (AvgIpc) is 2.18. The Morgan fingerprint density at radius 1 is 1.38 bits per heavy atom.